The molecule has 1 aliphatic carbocycles. The molecule has 6 nitrogen and oxygen atoms in total. The quantitative estimate of drug-likeness (QED) is 0.671. The van der Waals surface area contributed by atoms with Gasteiger partial charge in [0, 0.05) is 6.04 Å². The van der Waals surface area contributed by atoms with Crippen molar-refractivity contribution in [3.05, 3.63) is 26.5 Å². The van der Waals surface area contributed by atoms with Crippen molar-refractivity contribution in [1.82, 2.24) is 15.6 Å². The Kier molecular flexibility index (Phi) is 4.96. The molecule has 0 spiro atoms. The molecule has 9 heteroatoms. The van der Waals surface area contributed by atoms with Crippen LogP contribution in [0, 0.1) is 20.7 Å². The van der Waals surface area contributed by atoms with E-state index in [-0.39, 0.29) is 29.3 Å². The van der Waals surface area contributed by atoms with Gasteiger partial charge in [-0.25, -0.2) is 9.37 Å². The van der Waals surface area contributed by atoms with E-state index in [0.717, 1.165) is 24.2 Å². The number of nitrogens with zero attached hydrogens (tertiary/aromatic N) is 2. The zero-order valence-corrected chi connectivity index (χ0v) is 15.3. The van der Waals surface area contributed by atoms with Crippen LogP contribution in [0.1, 0.15) is 23.8 Å². The first-order valence-electron chi connectivity index (χ1n) is 7.20. The molecule has 124 valence electrons. The molecule has 2 aromatic rings. The monoisotopic (exact) mass is 458 g/mol. The van der Waals surface area contributed by atoms with Gasteiger partial charge in [-0.2, -0.15) is 5.26 Å². The van der Waals surface area contributed by atoms with Crippen LogP contribution < -0.4 is 10.6 Å². The van der Waals surface area contributed by atoms with Crippen LogP contribution in [0.25, 0.3) is 10.2 Å². The lowest BCUT2D eigenvalue weighted by molar-refractivity contribution is -0.126. The predicted molar refractivity (Wildman–Crippen MR) is 94.8 cm³/mol. The summed E-state index contributed by atoms with van der Waals surface area (Å²) < 4.78 is 14.6. The molecule has 2 N–H and O–H groups in total. The van der Waals surface area contributed by atoms with Crippen molar-refractivity contribution in [2.75, 3.05) is 6.54 Å². The van der Waals surface area contributed by atoms with Crippen LogP contribution in [0.15, 0.2) is 12.1 Å². The number of benzene rings is 1. The number of thiazole rings is 1. The van der Waals surface area contributed by atoms with Crippen LogP contribution in [0.2, 0.25) is 0 Å². The van der Waals surface area contributed by atoms with Crippen LogP contribution in [0.4, 0.5) is 4.39 Å². The number of carbonyl (C=O) groups is 2. The summed E-state index contributed by atoms with van der Waals surface area (Å²) in [6.07, 6.45) is 1.92. The second kappa shape index (κ2) is 6.98. The molecule has 2 amide bonds. The van der Waals surface area contributed by atoms with Crippen LogP contribution in [-0.4, -0.2) is 29.4 Å². The topological polar surface area (TPSA) is 94.9 Å². The normalized spacial score (nSPS) is 14.9. The number of nitriles is 1. The second-order valence-corrected chi connectivity index (χ2v) is 7.63. The van der Waals surface area contributed by atoms with Crippen molar-refractivity contribution in [1.29, 1.82) is 5.26 Å². The van der Waals surface area contributed by atoms with E-state index in [0.29, 0.717) is 13.8 Å². The van der Waals surface area contributed by atoms with E-state index in [2.05, 4.69) is 15.6 Å². The number of fused-ring (bicyclic) bond motifs is 1. The minimum Gasteiger partial charge on any atom is -0.352 e. The van der Waals surface area contributed by atoms with E-state index in [4.69, 9.17) is 0 Å². The third-order valence-electron chi connectivity index (χ3n) is 3.45. The number of halogens is 2. The first-order chi connectivity index (χ1) is 11.5. The molecule has 3 rings (SSSR count). The van der Waals surface area contributed by atoms with Gasteiger partial charge >= 0.3 is 0 Å². The largest absolute Gasteiger partial charge is 0.352 e. The molecule has 0 radical (unpaired) electrons. The minimum absolute atomic E-state index is 0.176. The average molecular weight is 458 g/mol. The number of nitrogens with one attached hydrogen (secondary N) is 2. The first kappa shape index (κ1) is 17.0. The van der Waals surface area contributed by atoms with Crippen LogP contribution in [-0.2, 0) is 9.59 Å². The molecule has 1 atom stereocenters. The molecule has 1 saturated carbocycles. The summed E-state index contributed by atoms with van der Waals surface area (Å²) in [5.41, 5.74) is 0.542. The van der Waals surface area contributed by atoms with Crippen molar-refractivity contribution in [2.24, 2.45) is 0 Å². The Morgan fingerprint density at radius 1 is 1.50 bits per heavy atom. The molecule has 0 aliphatic heterocycles. The second-order valence-electron chi connectivity index (χ2n) is 5.41. The van der Waals surface area contributed by atoms with Gasteiger partial charge in [0.25, 0.3) is 0 Å². The Morgan fingerprint density at radius 3 is 2.92 bits per heavy atom. The number of hydrogen-bond donors (Lipinski definition) is 2. The Balaban J connectivity index is 1.71. The number of rotatable bonds is 5. The smallest absolute Gasteiger partial charge is 0.244 e. The third kappa shape index (κ3) is 3.81. The molecular formula is C15H12FIN4O2S. The van der Waals surface area contributed by atoms with Gasteiger partial charge in [-0.3, -0.25) is 9.59 Å². The van der Waals surface area contributed by atoms with E-state index >= 15 is 0 Å². The number of carbonyl (C=O) groups excluding carboxylic acids is 2. The van der Waals surface area contributed by atoms with Crippen LogP contribution >= 0.6 is 33.9 Å². The molecular weight excluding hydrogens is 446 g/mol. The molecule has 24 heavy (non-hydrogen) atoms. The standard InChI is InChI=1S/C15H12FIN4O2S/c16-9-3-12-11(4-10(9)17)21-15(24-12)8(5-18)14(23)19-6-13(22)20-7-1-2-7/h3-4,7-8H,1-2,6H2,(H,19,23)(H,20,22). The Morgan fingerprint density at radius 2 is 2.25 bits per heavy atom. The van der Waals surface area contributed by atoms with E-state index in [1.807, 2.05) is 28.7 Å². The van der Waals surface area contributed by atoms with E-state index in [1.54, 1.807) is 6.07 Å². The van der Waals surface area contributed by atoms with Crippen molar-refractivity contribution >= 4 is 56.0 Å². The Hall–Kier alpha value is -1.80. The zero-order chi connectivity index (χ0) is 17.3. The highest BCUT2D eigenvalue weighted by Gasteiger charge is 2.26. The zero-order valence-electron chi connectivity index (χ0n) is 12.3. The summed E-state index contributed by atoms with van der Waals surface area (Å²) in [5, 5.41) is 14.8. The molecule has 1 fully saturated rings. The van der Waals surface area contributed by atoms with Gasteiger partial charge in [-0.05, 0) is 47.6 Å². The molecule has 1 aliphatic rings. The lowest BCUT2D eigenvalue weighted by Crippen LogP contribution is -2.39. The summed E-state index contributed by atoms with van der Waals surface area (Å²) in [6.45, 7) is -0.176. The fourth-order valence-electron chi connectivity index (χ4n) is 2.07. The number of aromatic nitrogens is 1. The lowest BCUT2D eigenvalue weighted by atomic mass is 10.1. The Labute approximate surface area is 154 Å². The van der Waals surface area contributed by atoms with Crippen LogP contribution in [0.3, 0.4) is 0 Å². The lowest BCUT2D eigenvalue weighted by Gasteiger charge is -2.08. The molecule has 1 aromatic carbocycles. The maximum atomic E-state index is 13.6. The van der Waals surface area contributed by atoms with Gasteiger partial charge in [0.2, 0.25) is 11.8 Å². The summed E-state index contributed by atoms with van der Waals surface area (Å²) in [7, 11) is 0. The van der Waals surface area contributed by atoms with E-state index < -0.39 is 11.8 Å². The summed E-state index contributed by atoms with van der Waals surface area (Å²) >= 11 is 2.96. The molecule has 1 heterocycles. The molecule has 1 aromatic heterocycles. The van der Waals surface area contributed by atoms with Crippen molar-refractivity contribution < 1.29 is 14.0 Å². The highest BCUT2D eigenvalue weighted by molar-refractivity contribution is 14.1. The van der Waals surface area contributed by atoms with Gasteiger partial charge in [0.05, 0.1) is 26.4 Å². The van der Waals surface area contributed by atoms with Gasteiger partial charge in [-0.15, -0.1) is 11.3 Å². The Bertz CT molecular complexity index is 820. The highest BCUT2D eigenvalue weighted by Crippen LogP contribution is 2.30. The highest BCUT2D eigenvalue weighted by atomic mass is 127. The maximum absolute atomic E-state index is 13.6. The van der Waals surface area contributed by atoms with Gasteiger partial charge in [0.1, 0.15) is 10.8 Å². The average Bonchev–Trinajstić information content (AvgIpc) is 3.26. The summed E-state index contributed by atoms with van der Waals surface area (Å²) in [6, 6.07) is 5.02. The van der Waals surface area contributed by atoms with Gasteiger partial charge in [-0.1, -0.05) is 0 Å². The summed E-state index contributed by atoms with van der Waals surface area (Å²) in [4.78, 5) is 28.0. The molecule has 1 unspecified atom stereocenters. The van der Waals surface area contributed by atoms with E-state index in [9.17, 15) is 19.2 Å². The minimum atomic E-state index is -1.13. The third-order valence-corrected chi connectivity index (χ3v) is 5.36. The van der Waals surface area contributed by atoms with Gasteiger partial charge in [0.15, 0.2) is 5.92 Å². The predicted octanol–water partition coefficient (Wildman–Crippen LogP) is 2.04. The maximum Gasteiger partial charge on any atom is 0.244 e. The van der Waals surface area contributed by atoms with Crippen molar-refractivity contribution in [3.63, 3.8) is 0 Å². The number of hydrogen-bond acceptors (Lipinski definition) is 5. The molecule has 0 bridgehead atoms. The van der Waals surface area contributed by atoms with Gasteiger partial charge < -0.3 is 10.6 Å². The van der Waals surface area contributed by atoms with Crippen molar-refractivity contribution in [3.8, 4) is 6.07 Å². The number of amides is 2. The fourth-order valence-corrected chi connectivity index (χ4v) is 3.54. The SMILES string of the molecule is N#CC(C(=O)NCC(=O)NC1CC1)c1nc2cc(I)c(F)cc2s1. The summed E-state index contributed by atoms with van der Waals surface area (Å²) in [5.74, 6) is -2.36. The first-order valence-corrected chi connectivity index (χ1v) is 9.09. The van der Waals surface area contributed by atoms with Crippen molar-refractivity contribution in [2.45, 2.75) is 24.8 Å². The fraction of sp³-hybridized carbons (Fsp3) is 0.333. The van der Waals surface area contributed by atoms with E-state index in [1.165, 1.54) is 6.07 Å². The molecule has 0 saturated heterocycles. The van der Waals surface area contributed by atoms with Crippen LogP contribution in [0.5, 0.6) is 0 Å².